The number of nitrogens with zero attached hydrogens (tertiary/aromatic N) is 1. The van der Waals surface area contributed by atoms with Crippen LogP contribution in [0.4, 0.5) is 10.5 Å². The normalized spacial score (nSPS) is 17.4. The van der Waals surface area contributed by atoms with E-state index in [-0.39, 0.29) is 23.9 Å². The van der Waals surface area contributed by atoms with E-state index in [1.54, 1.807) is 4.90 Å². The summed E-state index contributed by atoms with van der Waals surface area (Å²) < 4.78 is 0. The molecule has 3 amide bonds. The lowest BCUT2D eigenvalue weighted by molar-refractivity contribution is -0.125. The number of benzene rings is 2. The van der Waals surface area contributed by atoms with Crippen LogP contribution in [0.2, 0.25) is 5.02 Å². The summed E-state index contributed by atoms with van der Waals surface area (Å²) in [4.78, 5) is 26.6. The Morgan fingerprint density at radius 2 is 1.85 bits per heavy atom. The maximum Gasteiger partial charge on any atom is 0.321 e. The number of carbonyl (C=O) groups excluding carboxylic acids is 2. The van der Waals surface area contributed by atoms with E-state index in [1.807, 2.05) is 61.5 Å². The number of carbonyl (C=O) groups is 2. The van der Waals surface area contributed by atoms with Gasteiger partial charge in [0.1, 0.15) is 0 Å². The summed E-state index contributed by atoms with van der Waals surface area (Å²) in [6.45, 7) is 3.04. The number of nitrogens with one attached hydrogen (secondary N) is 2. The van der Waals surface area contributed by atoms with Crippen LogP contribution in [-0.4, -0.2) is 36.0 Å². The Morgan fingerprint density at radius 3 is 2.59 bits per heavy atom. The van der Waals surface area contributed by atoms with Crippen molar-refractivity contribution in [3.8, 4) is 0 Å². The zero-order valence-electron chi connectivity index (χ0n) is 15.3. The summed E-state index contributed by atoms with van der Waals surface area (Å²) in [6, 6.07) is 16.8. The van der Waals surface area contributed by atoms with E-state index in [0.29, 0.717) is 24.5 Å². The Hall–Kier alpha value is -2.53. The number of anilines is 1. The Bertz CT molecular complexity index is 797. The predicted octanol–water partition coefficient (Wildman–Crippen LogP) is 3.94. The standard InChI is InChI=1S/C21H24ClN3O2/c1-15(13-16-7-5-6-10-19(16)22)20(26)23-18-11-12-25(14-18)21(27)24-17-8-3-2-4-9-17/h2-10,15,18H,11-14H2,1H3,(H,23,26)(H,24,27). The van der Waals surface area contributed by atoms with Crippen LogP contribution in [0.1, 0.15) is 18.9 Å². The summed E-state index contributed by atoms with van der Waals surface area (Å²) >= 11 is 6.18. The zero-order valence-corrected chi connectivity index (χ0v) is 16.1. The summed E-state index contributed by atoms with van der Waals surface area (Å²) in [6.07, 6.45) is 1.35. The molecule has 0 bridgehead atoms. The number of hydrogen-bond donors (Lipinski definition) is 2. The van der Waals surface area contributed by atoms with Crippen LogP contribution in [0, 0.1) is 5.92 Å². The molecule has 6 heteroatoms. The molecule has 1 fully saturated rings. The zero-order chi connectivity index (χ0) is 19.2. The van der Waals surface area contributed by atoms with Gasteiger partial charge in [0, 0.05) is 35.8 Å². The van der Waals surface area contributed by atoms with Gasteiger partial charge < -0.3 is 15.5 Å². The molecule has 2 aromatic rings. The summed E-state index contributed by atoms with van der Waals surface area (Å²) in [7, 11) is 0. The van der Waals surface area contributed by atoms with Crippen molar-refractivity contribution in [2.24, 2.45) is 5.92 Å². The third-order valence-corrected chi connectivity index (χ3v) is 5.15. The minimum absolute atomic E-state index is 0.00904. The molecule has 142 valence electrons. The highest BCUT2D eigenvalue weighted by atomic mass is 35.5. The van der Waals surface area contributed by atoms with Gasteiger partial charge in [0.2, 0.25) is 5.91 Å². The molecule has 1 aliphatic heterocycles. The third-order valence-electron chi connectivity index (χ3n) is 4.78. The van der Waals surface area contributed by atoms with Gasteiger partial charge in [-0.2, -0.15) is 0 Å². The second kappa shape index (κ2) is 8.91. The van der Waals surface area contributed by atoms with E-state index < -0.39 is 0 Å². The molecule has 2 aromatic carbocycles. The van der Waals surface area contributed by atoms with Gasteiger partial charge in [-0.3, -0.25) is 4.79 Å². The number of halogens is 1. The fraction of sp³-hybridized carbons (Fsp3) is 0.333. The summed E-state index contributed by atoms with van der Waals surface area (Å²) in [5.41, 5.74) is 1.74. The first-order valence-corrected chi connectivity index (χ1v) is 9.55. The molecule has 0 radical (unpaired) electrons. The van der Waals surface area contributed by atoms with Crippen LogP contribution >= 0.6 is 11.6 Å². The van der Waals surface area contributed by atoms with E-state index in [2.05, 4.69) is 10.6 Å². The van der Waals surface area contributed by atoms with E-state index in [9.17, 15) is 9.59 Å². The van der Waals surface area contributed by atoms with Crippen LogP contribution < -0.4 is 10.6 Å². The maximum atomic E-state index is 12.5. The van der Waals surface area contributed by atoms with Crippen LogP contribution in [0.15, 0.2) is 54.6 Å². The SMILES string of the molecule is CC(Cc1ccccc1Cl)C(=O)NC1CCN(C(=O)Nc2ccccc2)C1. The highest BCUT2D eigenvalue weighted by Gasteiger charge is 2.28. The van der Waals surface area contributed by atoms with Crippen LogP contribution in [0.5, 0.6) is 0 Å². The van der Waals surface area contributed by atoms with E-state index in [4.69, 9.17) is 11.6 Å². The molecule has 2 atom stereocenters. The quantitative estimate of drug-likeness (QED) is 0.818. The highest BCUT2D eigenvalue weighted by Crippen LogP contribution is 2.19. The van der Waals surface area contributed by atoms with Crippen molar-refractivity contribution in [1.82, 2.24) is 10.2 Å². The van der Waals surface area contributed by atoms with Crippen molar-refractivity contribution >= 4 is 29.2 Å². The fourth-order valence-corrected chi connectivity index (χ4v) is 3.43. The Morgan fingerprint density at radius 1 is 1.15 bits per heavy atom. The van der Waals surface area contributed by atoms with Crippen LogP contribution in [0.3, 0.4) is 0 Å². The van der Waals surface area contributed by atoms with E-state index in [0.717, 1.165) is 17.7 Å². The largest absolute Gasteiger partial charge is 0.351 e. The molecule has 0 aliphatic carbocycles. The molecular weight excluding hydrogens is 362 g/mol. The molecule has 1 heterocycles. The van der Waals surface area contributed by atoms with Crippen molar-refractivity contribution in [2.45, 2.75) is 25.8 Å². The lowest BCUT2D eigenvalue weighted by atomic mass is 10.00. The minimum Gasteiger partial charge on any atom is -0.351 e. The van der Waals surface area contributed by atoms with Crippen molar-refractivity contribution in [2.75, 3.05) is 18.4 Å². The molecular formula is C21H24ClN3O2. The number of likely N-dealkylation sites (tertiary alicyclic amines) is 1. The second-order valence-electron chi connectivity index (χ2n) is 6.93. The monoisotopic (exact) mass is 385 g/mol. The van der Waals surface area contributed by atoms with E-state index >= 15 is 0 Å². The number of amides is 3. The lowest BCUT2D eigenvalue weighted by Crippen LogP contribution is -2.42. The molecule has 0 aromatic heterocycles. The second-order valence-corrected chi connectivity index (χ2v) is 7.34. The first-order chi connectivity index (χ1) is 13.0. The Balaban J connectivity index is 1.48. The minimum atomic E-state index is -0.183. The average molecular weight is 386 g/mol. The molecule has 2 N–H and O–H groups in total. The van der Waals surface area contributed by atoms with Crippen LogP contribution in [-0.2, 0) is 11.2 Å². The smallest absolute Gasteiger partial charge is 0.321 e. The van der Waals surface area contributed by atoms with Crippen molar-refractivity contribution in [1.29, 1.82) is 0 Å². The van der Waals surface area contributed by atoms with Gasteiger partial charge in [0.25, 0.3) is 0 Å². The Kier molecular flexibility index (Phi) is 6.35. The topological polar surface area (TPSA) is 61.4 Å². The van der Waals surface area contributed by atoms with Crippen molar-refractivity contribution in [3.05, 3.63) is 65.2 Å². The number of urea groups is 1. The average Bonchev–Trinajstić information content (AvgIpc) is 3.13. The number of rotatable bonds is 5. The van der Waals surface area contributed by atoms with Crippen molar-refractivity contribution < 1.29 is 9.59 Å². The van der Waals surface area contributed by atoms with Gasteiger partial charge in [-0.25, -0.2) is 4.79 Å². The van der Waals surface area contributed by atoms with Gasteiger partial charge in [0.05, 0.1) is 0 Å². The molecule has 5 nitrogen and oxygen atoms in total. The van der Waals surface area contributed by atoms with Gasteiger partial charge in [-0.15, -0.1) is 0 Å². The highest BCUT2D eigenvalue weighted by molar-refractivity contribution is 6.31. The van der Waals surface area contributed by atoms with Crippen molar-refractivity contribution in [3.63, 3.8) is 0 Å². The number of hydrogen-bond acceptors (Lipinski definition) is 2. The summed E-state index contributed by atoms with van der Waals surface area (Å²) in [5, 5.41) is 6.62. The lowest BCUT2D eigenvalue weighted by Gasteiger charge is -2.19. The molecule has 1 saturated heterocycles. The number of para-hydroxylation sites is 1. The third kappa shape index (κ3) is 5.23. The molecule has 27 heavy (non-hydrogen) atoms. The van der Waals surface area contributed by atoms with E-state index in [1.165, 1.54) is 0 Å². The molecule has 0 spiro atoms. The summed E-state index contributed by atoms with van der Waals surface area (Å²) in [5.74, 6) is -0.192. The van der Waals surface area contributed by atoms with Gasteiger partial charge in [-0.1, -0.05) is 54.9 Å². The molecule has 0 saturated carbocycles. The van der Waals surface area contributed by atoms with Crippen LogP contribution in [0.25, 0.3) is 0 Å². The first-order valence-electron chi connectivity index (χ1n) is 9.17. The van der Waals surface area contributed by atoms with Gasteiger partial charge in [0.15, 0.2) is 0 Å². The first kappa shape index (κ1) is 19.2. The van der Waals surface area contributed by atoms with Gasteiger partial charge >= 0.3 is 6.03 Å². The molecule has 2 unspecified atom stereocenters. The Labute approximate surface area is 164 Å². The molecule has 1 aliphatic rings. The molecule has 3 rings (SSSR count). The fourth-order valence-electron chi connectivity index (χ4n) is 3.22. The predicted molar refractivity (Wildman–Crippen MR) is 108 cm³/mol. The maximum absolute atomic E-state index is 12.5. The van der Waals surface area contributed by atoms with Gasteiger partial charge in [-0.05, 0) is 36.6 Å².